The third-order valence-corrected chi connectivity index (χ3v) is 9.05. The van der Waals surface area contributed by atoms with E-state index in [4.69, 9.17) is 9.05 Å². The summed E-state index contributed by atoms with van der Waals surface area (Å²) >= 11 is 0. The van der Waals surface area contributed by atoms with Gasteiger partial charge in [0, 0.05) is 24.3 Å². The van der Waals surface area contributed by atoms with Crippen LogP contribution in [0.3, 0.4) is 0 Å². The molecule has 0 aromatic rings. The first kappa shape index (κ1) is 17.9. The lowest BCUT2D eigenvalue weighted by molar-refractivity contribution is -0.0806. The van der Waals surface area contributed by atoms with Crippen LogP contribution in [0.1, 0.15) is 58.3 Å². The molecule has 5 heteroatoms. The van der Waals surface area contributed by atoms with E-state index < -0.39 is 0 Å². The van der Waals surface area contributed by atoms with Crippen molar-refractivity contribution in [1.82, 2.24) is 0 Å². The van der Waals surface area contributed by atoms with Crippen LogP contribution in [0.5, 0.6) is 0 Å². The van der Waals surface area contributed by atoms with Crippen LogP contribution in [0.25, 0.3) is 0 Å². The van der Waals surface area contributed by atoms with Gasteiger partial charge in [-0.3, -0.25) is 0 Å². The Morgan fingerprint density at radius 3 is 2.67 bits per heavy atom. The largest absolute Gasteiger partial charge is 0.395 e. The molecule has 0 radical (unpaired) electrons. The van der Waals surface area contributed by atoms with Crippen molar-refractivity contribution >= 4 is 18.9 Å². The van der Waals surface area contributed by atoms with Crippen molar-refractivity contribution in [2.75, 3.05) is 6.61 Å². The molecule has 24 heavy (non-hydrogen) atoms. The van der Waals surface area contributed by atoms with E-state index in [9.17, 15) is 5.11 Å². The molecule has 9 atom stereocenters. The summed E-state index contributed by atoms with van der Waals surface area (Å²) < 4.78 is 11.3. The predicted molar refractivity (Wildman–Crippen MR) is 102 cm³/mol. The zero-order chi connectivity index (χ0) is 16.9. The molecule has 4 rings (SSSR count). The zero-order valence-corrected chi connectivity index (χ0v) is 17.1. The molecule has 0 spiro atoms. The van der Waals surface area contributed by atoms with Gasteiger partial charge in [0.25, 0.3) is 0 Å². The molecule has 0 saturated heterocycles. The summed E-state index contributed by atoms with van der Waals surface area (Å²) in [5.74, 6) is 2.12. The van der Waals surface area contributed by atoms with Gasteiger partial charge in [-0.15, -0.1) is 0 Å². The van der Waals surface area contributed by atoms with E-state index in [2.05, 4.69) is 31.9 Å². The maximum Gasteiger partial charge on any atom is 0.0667 e. The van der Waals surface area contributed by atoms with E-state index in [0.717, 1.165) is 31.1 Å². The minimum atomic E-state index is 0.0316. The van der Waals surface area contributed by atoms with Gasteiger partial charge in [-0.25, -0.2) is 0 Å². The molecular weight excluding hydrogens is 338 g/mol. The molecule has 4 aliphatic rings. The van der Waals surface area contributed by atoms with Crippen LogP contribution < -0.4 is 0 Å². The quantitative estimate of drug-likeness (QED) is 0.596. The molecule has 3 fully saturated rings. The van der Waals surface area contributed by atoms with Crippen molar-refractivity contribution < 1.29 is 14.2 Å². The van der Waals surface area contributed by atoms with Crippen LogP contribution in [0.2, 0.25) is 0 Å². The Balaban J connectivity index is 1.66. The van der Waals surface area contributed by atoms with E-state index in [1.54, 1.807) is 0 Å². The summed E-state index contributed by atoms with van der Waals surface area (Å²) in [4.78, 5) is 0. The van der Waals surface area contributed by atoms with Gasteiger partial charge in [-0.1, -0.05) is 18.6 Å². The monoisotopic (exact) mass is 370 g/mol. The highest BCUT2D eigenvalue weighted by atomic mass is 31.0. The Labute approximate surface area is 150 Å². The topological polar surface area (TPSA) is 38.7 Å². The molecule has 3 nitrogen and oxygen atoms in total. The third kappa shape index (κ3) is 2.42. The van der Waals surface area contributed by atoms with Crippen LogP contribution in [-0.4, -0.2) is 23.9 Å². The first-order valence-corrected chi connectivity index (χ1v) is 10.5. The number of aliphatic hydroxyl groups is 1. The highest BCUT2D eigenvalue weighted by molar-refractivity contribution is 7.10. The zero-order valence-electron chi connectivity index (χ0n) is 14.7. The van der Waals surface area contributed by atoms with E-state index in [0.29, 0.717) is 30.1 Å². The average Bonchev–Trinajstić information content (AvgIpc) is 2.97. The molecule has 0 amide bonds. The van der Waals surface area contributed by atoms with Crippen LogP contribution in [0.15, 0.2) is 11.6 Å². The van der Waals surface area contributed by atoms with E-state index in [1.165, 1.54) is 37.7 Å². The fraction of sp³-hybridized carbons (Fsp3) is 0.895. The number of allylic oxidation sites excluding steroid dienone is 1. The first-order valence-electron chi connectivity index (χ1n) is 9.60. The first-order chi connectivity index (χ1) is 11.6. The van der Waals surface area contributed by atoms with Gasteiger partial charge in [0.15, 0.2) is 0 Å². The van der Waals surface area contributed by atoms with Crippen LogP contribution in [0, 0.1) is 28.6 Å². The molecule has 1 N–H and O–H groups in total. The van der Waals surface area contributed by atoms with Crippen molar-refractivity contribution in [2.45, 2.75) is 70.5 Å². The maximum atomic E-state index is 10.5. The molecular formula is C19H32O3P2. The van der Waals surface area contributed by atoms with Gasteiger partial charge in [0.2, 0.25) is 0 Å². The highest BCUT2D eigenvalue weighted by Gasteiger charge is 2.60. The van der Waals surface area contributed by atoms with Gasteiger partial charge >= 0.3 is 0 Å². The summed E-state index contributed by atoms with van der Waals surface area (Å²) in [7, 11) is 4.95. The molecule has 4 aliphatic carbocycles. The number of rotatable bonds is 3. The number of fused-ring (bicyclic) bond motifs is 5. The fourth-order valence-electron chi connectivity index (χ4n) is 7.01. The second-order valence-corrected chi connectivity index (χ2v) is 9.45. The van der Waals surface area contributed by atoms with E-state index in [1.807, 2.05) is 0 Å². The van der Waals surface area contributed by atoms with Crippen LogP contribution >= 0.6 is 18.9 Å². The lowest BCUT2D eigenvalue weighted by Gasteiger charge is -2.58. The highest BCUT2D eigenvalue weighted by Crippen LogP contribution is 2.65. The number of aliphatic hydroxyl groups excluding tert-OH is 1. The van der Waals surface area contributed by atoms with Gasteiger partial charge in [-0.05, 0) is 74.5 Å². The van der Waals surface area contributed by atoms with Gasteiger partial charge in [0.1, 0.15) is 0 Å². The molecule has 0 bridgehead atoms. The van der Waals surface area contributed by atoms with Crippen LogP contribution in [-0.2, 0) is 9.05 Å². The Morgan fingerprint density at radius 1 is 1.12 bits per heavy atom. The average molecular weight is 370 g/mol. The Morgan fingerprint density at radius 2 is 1.96 bits per heavy atom. The summed E-state index contributed by atoms with van der Waals surface area (Å²) in [5.41, 5.74) is 1.85. The second-order valence-electron chi connectivity index (χ2n) is 8.90. The van der Waals surface area contributed by atoms with E-state index >= 15 is 0 Å². The van der Waals surface area contributed by atoms with Crippen molar-refractivity contribution in [1.29, 1.82) is 0 Å². The number of hydrogen-bond donors (Lipinski definition) is 1. The fourth-order valence-corrected chi connectivity index (χ4v) is 7.69. The lowest BCUT2D eigenvalue weighted by atomic mass is 9.47. The summed E-state index contributed by atoms with van der Waals surface area (Å²) in [5, 5.41) is 10.5. The minimum Gasteiger partial charge on any atom is -0.395 e. The second kappa shape index (κ2) is 6.58. The Hall–Kier alpha value is 0.480. The van der Waals surface area contributed by atoms with Crippen molar-refractivity contribution in [2.24, 2.45) is 28.6 Å². The minimum absolute atomic E-state index is 0.0316. The van der Waals surface area contributed by atoms with Crippen LogP contribution in [0.4, 0.5) is 0 Å². The standard InChI is InChI=1S/C19H32O3P2/c1-18-8-7-16-14(15(18)4-5-17(18)22-24)3-2-12-10-13(21-23)6-9-19(12,16)11-20/h2,13-17,20H,3-11,23-24H2,1H3/t13-,14?,15?,16?,17-,18-,19+/m0/s1. The molecule has 0 heterocycles. The summed E-state index contributed by atoms with van der Waals surface area (Å²) in [6.45, 7) is 2.77. The Kier molecular flexibility index (Phi) is 4.90. The maximum absolute atomic E-state index is 10.5. The van der Waals surface area contributed by atoms with Crippen molar-refractivity contribution in [3.8, 4) is 0 Å². The molecule has 0 aromatic carbocycles. The molecule has 3 saturated carbocycles. The smallest absolute Gasteiger partial charge is 0.0667 e. The number of hydrogen-bond acceptors (Lipinski definition) is 3. The van der Waals surface area contributed by atoms with Crippen molar-refractivity contribution in [3.63, 3.8) is 0 Å². The molecule has 0 aromatic heterocycles. The predicted octanol–water partition coefficient (Wildman–Crippen LogP) is 4.27. The normalized spacial score (nSPS) is 50.7. The Bertz CT molecular complexity index is 525. The van der Waals surface area contributed by atoms with Crippen molar-refractivity contribution in [3.05, 3.63) is 11.6 Å². The summed E-state index contributed by atoms with van der Waals surface area (Å²) in [6.07, 6.45) is 12.5. The van der Waals surface area contributed by atoms with Gasteiger partial charge in [-0.2, -0.15) is 0 Å². The SMILES string of the molecule is C[C@]12CCC3C(CC=C4C[C@@H](OP)CC[C@@]43CO)C1CC[C@@H]2OP. The van der Waals surface area contributed by atoms with Gasteiger partial charge < -0.3 is 14.2 Å². The molecule has 0 aliphatic heterocycles. The molecule has 136 valence electrons. The summed E-state index contributed by atoms with van der Waals surface area (Å²) in [6, 6.07) is 0. The third-order valence-electron chi connectivity index (χ3n) is 8.33. The van der Waals surface area contributed by atoms with E-state index in [-0.39, 0.29) is 5.41 Å². The lowest BCUT2D eigenvalue weighted by Crippen LogP contribution is -2.53. The van der Waals surface area contributed by atoms with Gasteiger partial charge in [0.05, 0.1) is 18.8 Å². The molecule has 5 unspecified atom stereocenters.